The van der Waals surface area contributed by atoms with Crippen LogP contribution in [0.1, 0.15) is 39.2 Å². The molecule has 5 nitrogen and oxygen atoms in total. The van der Waals surface area contributed by atoms with Gasteiger partial charge in [0.2, 0.25) is 5.91 Å². The highest BCUT2D eigenvalue weighted by molar-refractivity contribution is 5.94. The standard InChI is InChI=1S/C21H26F3N3O2/c1-13-9-14(26-18(28)10-20(2,3)29)12-27(11-13)17-7-6-16(21(22,23)24)19-15(17)5-4-8-25-19/h4-8,13-14,29H,9-12H2,1-3H3,(H,26,28)/t13-,14+/m0/s1. The van der Waals surface area contributed by atoms with Crippen molar-refractivity contribution in [3.8, 4) is 0 Å². The van der Waals surface area contributed by atoms with Crippen LogP contribution in [0.4, 0.5) is 18.9 Å². The number of benzene rings is 1. The van der Waals surface area contributed by atoms with Crippen molar-refractivity contribution in [2.24, 2.45) is 5.92 Å². The fourth-order valence-corrected chi connectivity index (χ4v) is 3.99. The molecule has 0 aliphatic carbocycles. The molecule has 0 unspecified atom stereocenters. The molecule has 2 heterocycles. The first-order chi connectivity index (χ1) is 13.4. The molecule has 1 fully saturated rings. The van der Waals surface area contributed by atoms with E-state index in [2.05, 4.69) is 10.3 Å². The average molecular weight is 409 g/mol. The number of carbonyl (C=O) groups excluding carboxylic acids is 1. The zero-order chi connectivity index (χ0) is 21.4. The molecule has 1 amide bonds. The molecule has 158 valence electrons. The number of anilines is 1. The third kappa shape index (κ3) is 5.18. The predicted octanol–water partition coefficient (Wildman–Crippen LogP) is 3.75. The molecule has 0 saturated carbocycles. The van der Waals surface area contributed by atoms with Gasteiger partial charge < -0.3 is 15.3 Å². The Kier molecular flexibility index (Phi) is 5.76. The maximum absolute atomic E-state index is 13.4. The van der Waals surface area contributed by atoms with E-state index < -0.39 is 17.3 Å². The lowest BCUT2D eigenvalue weighted by Crippen LogP contribution is -2.51. The molecule has 2 aromatic rings. The highest BCUT2D eigenvalue weighted by Gasteiger charge is 2.35. The van der Waals surface area contributed by atoms with Crippen LogP contribution in [0.25, 0.3) is 10.9 Å². The molecule has 0 bridgehead atoms. The minimum Gasteiger partial charge on any atom is -0.390 e. The summed E-state index contributed by atoms with van der Waals surface area (Å²) in [5.74, 6) is 0.000643. The Labute approximate surface area is 167 Å². The van der Waals surface area contributed by atoms with E-state index in [-0.39, 0.29) is 29.8 Å². The number of carbonyl (C=O) groups is 1. The minimum atomic E-state index is -4.48. The fraction of sp³-hybridized carbons (Fsp3) is 0.524. The van der Waals surface area contributed by atoms with E-state index in [4.69, 9.17) is 0 Å². The molecule has 2 N–H and O–H groups in total. The first-order valence-corrected chi connectivity index (χ1v) is 9.65. The van der Waals surface area contributed by atoms with Crippen molar-refractivity contribution >= 4 is 22.5 Å². The fourth-order valence-electron chi connectivity index (χ4n) is 3.99. The second kappa shape index (κ2) is 7.82. The molecular formula is C21H26F3N3O2. The smallest absolute Gasteiger partial charge is 0.390 e. The number of hydrogen-bond acceptors (Lipinski definition) is 4. The van der Waals surface area contributed by atoms with Gasteiger partial charge in [-0.05, 0) is 50.5 Å². The van der Waals surface area contributed by atoms with E-state index in [1.807, 2.05) is 11.8 Å². The highest BCUT2D eigenvalue weighted by atomic mass is 19.4. The van der Waals surface area contributed by atoms with Gasteiger partial charge in [-0.15, -0.1) is 0 Å². The largest absolute Gasteiger partial charge is 0.418 e. The molecular weight excluding hydrogens is 383 g/mol. The number of halogens is 3. The summed E-state index contributed by atoms with van der Waals surface area (Å²) < 4.78 is 40.1. The van der Waals surface area contributed by atoms with E-state index in [0.29, 0.717) is 24.2 Å². The van der Waals surface area contributed by atoms with Crippen LogP contribution in [-0.4, -0.2) is 40.7 Å². The number of alkyl halides is 3. The van der Waals surface area contributed by atoms with Crippen LogP contribution in [0, 0.1) is 5.92 Å². The SMILES string of the molecule is C[C@H]1C[C@@H](NC(=O)CC(C)(C)O)CN(c2ccc(C(F)(F)F)c3ncccc23)C1. The Morgan fingerprint density at radius 3 is 2.66 bits per heavy atom. The van der Waals surface area contributed by atoms with Crippen LogP contribution in [0.5, 0.6) is 0 Å². The summed E-state index contributed by atoms with van der Waals surface area (Å²) in [7, 11) is 0. The summed E-state index contributed by atoms with van der Waals surface area (Å²) in [5, 5.41) is 13.2. The van der Waals surface area contributed by atoms with Crippen LogP contribution in [0.3, 0.4) is 0 Å². The van der Waals surface area contributed by atoms with E-state index in [9.17, 15) is 23.1 Å². The van der Waals surface area contributed by atoms with Crippen molar-refractivity contribution in [3.05, 3.63) is 36.0 Å². The number of rotatable bonds is 4. The molecule has 1 saturated heterocycles. The normalized spacial score (nSPS) is 20.7. The maximum atomic E-state index is 13.4. The van der Waals surface area contributed by atoms with Crippen LogP contribution in [0.2, 0.25) is 0 Å². The van der Waals surface area contributed by atoms with Crippen molar-refractivity contribution in [2.75, 3.05) is 18.0 Å². The summed E-state index contributed by atoms with van der Waals surface area (Å²) in [4.78, 5) is 18.2. The second-order valence-electron chi connectivity index (χ2n) is 8.53. The van der Waals surface area contributed by atoms with E-state index in [1.165, 1.54) is 12.3 Å². The molecule has 1 aromatic heterocycles. The average Bonchev–Trinajstić information content (AvgIpc) is 2.57. The Morgan fingerprint density at radius 1 is 1.28 bits per heavy atom. The van der Waals surface area contributed by atoms with Crippen molar-refractivity contribution in [1.82, 2.24) is 10.3 Å². The van der Waals surface area contributed by atoms with Gasteiger partial charge in [-0.2, -0.15) is 13.2 Å². The van der Waals surface area contributed by atoms with Gasteiger partial charge in [0.25, 0.3) is 0 Å². The number of aromatic nitrogens is 1. The summed E-state index contributed by atoms with van der Waals surface area (Å²) in [5.41, 5.74) is -1.25. The van der Waals surface area contributed by atoms with Crippen molar-refractivity contribution < 1.29 is 23.1 Å². The first kappa shape index (κ1) is 21.4. The minimum absolute atomic E-state index is 0.00892. The lowest BCUT2D eigenvalue weighted by atomic mass is 9.94. The number of hydrogen-bond donors (Lipinski definition) is 2. The van der Waals surface area contributed by atoms with Gasteiger partial charge >= 0.3 is 6.18 Å². The highest BCUT2D eigenvalue weighted by Crippen LogP contribution is 2.38. The van der Waals surface area contributed by atoms with Gasteiger partial charge in [0, 0.05) is 36.4 Å². The molecule has 1 aliphatic rings. The molecule has 0 radical (unpaired) electrons. The molecule has 0 spiro atoms. The second-order valence-corrected chi connectivity index (χ2v) is 8.53. The number of pyridine rings is 1. The summed E-state index contributed by atoms with van der Waals surface area (Å²) in [6.45, 7) is 6.35. The number of amides is 1. The van der Waals surface area contributed by atoms with Gasteiger partial charge in [-0.25, -0.2) is 0 Å². The monoisotopic (exact) mass is 409 g/mol. The van der Waals surface area contributed by atoms with Crippen LogP contribution in [-0.2, 0) is 11.0 Å². The Bertz CT molecular complexity index is 893. The van der Waals surface area contributed by atoms with Crippen LogP contribution >= 0.6 is 0 Å². The van der Waals surface area contributed by atoms with Crippen molar-refractivity contribution in [1.29, 1.82) is 0 Å². The molecule has 8 heteroatoms. The number of fused-ring (bicyclic) bond motifs is 1. The third-order valence-electron chi connectivity index (χ3n) is 5.01. The van der Waals surface area contributed by atoms with E-state index >= 15 is 0 Å². The van der Waals surface area contributed by atoms with Crippen LogP contribution < -0.4 is 10.2 Å². The van der Waals surface area contributed by atoms with Gasteiger partial charge in [0.15, 0.2) is 0 Å². The molecule has 3 rings (SSSR count). The van der Waals surface area contributed by atoms with Crippen LogP contribution in [0.15, 0.2) is 30.5 Å². The lowest BCUT2D eigenvalue weighted by molar-refractivity contribution is -0.136. The maximum Gasteiger partial charge on any atom is 0.418 e. The third-order valence-corrected chi connectivity index (χ3v) is 5.01. The Balaban J connectivity index is 1.88. The van der Waals surface area contributed by atoms with Gasteiger partial charge in [0.05, 0.1) is 23.1 Å². The molecule has 1 aliphatic heterocycles. The number of piperidine rings is 1. The molecule has 1 aromatic carbocycles. The summed E-state index contributed by atoms with van der Waals surface area (Å²) in [6, 6.07) is 5.69. The van der Waals surface area contributed by atoms with Crippen molar-refractivity contribution in [2.45, 2.75) is 51.4 Å². The number of aliphatic hydroxyl groups is 1. The summed E-state index contributed by atoms with van der Waals surface area (Å²) in [6.07, 6.45) is -2.36. The lowest BCUT2D eigenvalue weighted by Gasteiger charge is -2.39. The van der Waals surface area contributed by atoms with Gasteiger partial charge in [-0.1, -0.05) is 6.92 Å². The quantitative estimate of drug-likeness (QED) is 0.807. The van der Waals surface area contributed by atoms with Crippen molar-refractivity contribution in [3.63, 3.8) is 0 Å². The Hall–Kier alpha value is -2.35. The van der Waals surface area contributed by atoms with E-state index in [1.54, 1.807) is 26.0 Å². The molecule has 29 heavy (non-hydrogen) atoms. The van der Waals surface area contributed by atoms with E-state index in [0.717, 1.165) is 12.5 Å². The Morgan fingerprint density at radius 2 is 2.00 bits per heavy atom. The number of nitrogens with zero attached hydrogens (tertiary/aromatic N) is 2. The zero-order valence-corrected chi connectivity index (χ0v) is 16.8. The summed E-state index contributed by atoms with van der Waals surface area (Å²) >= 11 is 0. The van der Waals surface area contributed by atoms with Gasteiger partial charge in [-0.3, -0.25) is 9.78 Å². The topological polar surface area (TPSA) is 65.5 Å². The first-order valence-electron chi connectivity index (χ1n) is 9.65. The predicted molar refractivity (Wildman–Crippen MR) is 106 cm³/mol. The molecule has 2 atom stereocenters. The zero-order valence-electron chi connectivity index (χ0n) is 16.8. The number of nitrogens with one attached hydrogen (secondary N) is 1. The van der Waals surface area contributed by atoms with Gasteiger partial charge in [0.1, 0.15) is 0 Å².